The molecule has 1 aromatic rings. The van der Waals surface area contributed by atoms with E-state index in [0.29, 0.717) is 12.3 Å². The van der Waals surface area contributed by atoms with Gasteiger partial charge in [-0.25, -0.2) is 0 Å². The van der Waals surface area contributed by atoms with Gasteiger partial charge in [-0.1, -0.05) is 0 Å². The Bertz CT molecular complexity index is 462. The topological polar surface area (TPSA) is 33.1 Å². The molecule has 0 aliphatic rings. The number of ether oxygens (including phenoxy) is 1. The molecule has 0 radical (unpaired) electrons. The summed E-state index contributed by atoms with van der Waals surface area (Å²) in [7, 11) is 1.59. The molecule has 0 saturated carbocycles. The molecule has 0 aliphatic heterocycles. The predicted molar refractivity (Wildman–Crippen MR) is 114 cm³/mol. The fraction of sp³-hybridized carbons (Fsp3) is 0.682. The second kappa shape index (κ2) is 12.8. The number of methoxy groups -OCH3 is 1. The third kappa shape index (κ3) is 7.72. The molecule has 25 heavy (non-hydrogen) atoms. The molecule has 1 rings (SSSR count). The normalized spacial score (nSPS) is 11.5. The van der Waals surface area contributed by atoms with E-state index in [9.17, 15) is 0 Å². The Balaban J connectivity index is 2.95. The van der Waals surface area contributed by atoms with Gasteiger partial charge in [0.2, 0.25) is 0 Å². The second-order valence-corrected chi connectivity index (χ2v) is 20.7. The SMILES string of the molecule is CCC[CH2][Sn]([CH2]CCC)([CH2]CCC)[c]1ccc(CCC(=N)OC)cc1. The standard InChI is InChI=1S/C10H12NO.3C4H9.Sn/c1-12-10(11)8-7-9-5-3-2-4-6-9;3*1-3-4-2;/h3-6,11H,7-8H2,1H3;3*1,3-4H2,2H3;. The second-order valence-electron chi connectivity index (χ2n) is 7.42. The monoisotopic (exact) mass is 453 g/mol. The molecule has 0 aliphatic carbocycles. The van der Waals surface area contributed by atoms with Crippen LogP contribution in [-0.2, 0) is 11.2 Å². The van der Waals surface area contributed by atoms with Gasteiger partial charge in [-0.3, -0.25) is 0 Å². The van der Waals surface area contributed by atoms with Gasteiger partial charge in [-0.2, -0.15) is 0 Å². The molecule has 0 saturated heterocycles. The van der Waals surface area contributed by atoms with E-state index >= 15 is 0 Å². The zero-order valence-electron chi connectivity index (χ0n) is 17.0. The molecule has 0 unspecified atom stereocenters. The van der Waals surface area contributed by atoms with Crippen molar-refractivity contribution in [3.63, 3.8) is 0 Å². The Hall–Kier alpha value is -0.511. The number of unbranched alkanes of at least 4 members (excludes halogenated alkanes) is 3. The first-order valence-corrected chi connectivity index (χ1v) is 17.8. The van der Waals surface area contributed by atoms with Crippen molar-refractivity contribution in [2.45, 2.75) is 85.4 Å². The van der Waals surface area contributed by atoms with Crippen LogP contribution >= 0.6 is 0 Å². The van der Waals surface area contributed by atoms with Crippen molar-refractivity contribution in [3.8, 4) is 0 Å². The predicted octanol–water partition coefficient (Wildman–Crippen LogP) is 6.30. The maximum atomic E-state index is 7.64. The van der Waals surface area contributed by atoms with E-state index in [0.717, 1.165) is 6.42 Å². The molecule has 1 aromatic carbocycles. The summed E-state index contributed by atoms with van der Waals surface area (Å²) >= 11 is -2.27. The van der Waals surface area contributed by atoms with Crippen LogP contribution in [0.3, 0.4) is 0 Å². The van der Waals surface area contributed by atoms with Crippen molar-refractivity contribution in [2.24, 2.45) is 0 Å². The molecule has 142 valence electrons. The summed E-state index contributed by atoms with van der Waals surface area (Å²) in [6.45, 7) is 7.01. The summed E-state index contributed by atoms with van der Waals surface area (Å²) < 4.78 is 11.3. The average molecular weight is 452 g/mol. The fourth-order valence-corrected chi connectivity index (χ4v) is 19.7. The molecule has 0 aromatic heterocycles. The Morgan fingerprint density at radius 1 is 0.880 bits per heavy atom. The first kappa shape index (κ1) is 22.5. The Kier molecular flexibility index (Phi) is 11.5. The Morgan fingerprint density at radius 3 is 1.76 bits per heavy atom. The van der Waals surface area contributed by atoms with Crippen molar-refractivity contribution in [2.75, 3.05) is 7.11 Å². The van der Waals surface area contributed by atoms with Crippen molar-refractivity contribution in [1.29, 1.82) is 5.41 Å². The molecule has 2 nitrogen and oxygen atoms in total. The van der Waals surface area contributed by atoms with Crippen molar-refractivity contribution in [1.82, 2.24) is 0 Å². The van der Waals surface area contributed by atoms with Gasteiger partial charge in [0, 0.05) is 0 Å². The summed E-state index contributed by atoms with van der Waals surface area (Å²) in [6.07, 6.45) is 9.83. The van der Waals surface area contributed by atoms with Crippen LogP contribution in [0.4, 0.5) is 0 Å². The summed E-state index contributed by atoms with van der Waals surface area (Å²) in [5.74, 6) is 0.381. The van der Waals surface area contributed by atoms with Gasteiger partial charge >= 0.3 is 160 Å². The number of hydrogen-bond donors (Lipinski definition) is 1. The molecule has 0 heterocycles. The van der Waals surface area contributed by atoms with Crippen LogP contribution in [0.5, 0.6) is 0 Å². The van der Waals surface area contributed by atoms with Gasteiger partial charge in [0.25, 0.3) is 0 Å². The molecule has 3 heteroatoms. The van der Waals surface area contributed by atoms with Gasteiger partial charge in [-0.05, 0) is 0 Å². The summed E-state index contributed by atoms with van der Waals surface area (Å²) in [4.78, 5) is 0. The average Bonchev–Trinajstić information content (AvgIpc) is 2.66. The maximum absolute atomic E-state index is 7.64. The van der Waals surface area contributed by atoms with Crippen LogP contribution in [0.2, 0.25) is 13.3 Å². The van der Waals surface area contributed by atoms with Gasteiger partial charge in [0.1, 0.15) is 0 Å². The number of hydrogen-bond acceptors (Lipinski definition) is 2. The Morgan fingerprint density at radius 2 is 1.36 bits per heavy atom. The van der Waals surface area contributed by atoms with Gasteiger partial charge < -0.3 is 0 Å². The molecule has 1 N–H and O–H groups in total. The van der Waals surface area contributed by atoms with E-state index in [-0.39, 0.29) is 0 Å². The minimum atomic E-state index is -2.27. The molecular formula is C22H39NOSn. The van der Waals surface area contributed by atoms with Gasteiger partial charge in [0.15, 0.2) is 0 Å². The minimum absolute atomic E-state index is 0.381. The van der Waals surface area contributed by atoms with Crippen LogP contribution in [-0.4, -0.2) is 31.4 Å². The third-order valence-electron chi connectivity index (χ3n) is 5.48. The molecule has 0 fully saturated rings. The third-order valence-corrected chi connectivity index (χ3v) is 21.1. The van der Waals surface area contributed by atoms with E-state index < -0.39 is 18.4 Å². The number of benzene rings is 1. The summed E-state index contributed by atoms with van der Waals surface area (Å²) in [5, 5.41) is 7.64. The van der Waals surface area contributed by atoms with Crippen LogP contribution in [0, 0.1) is 5.41 Å². The van der Waals surface area contributed by atoms with Crippen molar-refractivity contribution in [3.05, 3.63) is 29.8 Å². The number of aryl methyl sites for hydroxylation is 1. The van der Waals surface area contributed by atoms with E-state index in [4.69, 9.17) is 10.1 Å². The van der Waals surface area contributed by atoms with E-state index in [2.05, 4.69) is 45.0 Å². The van der Waals surface area contributed by atoms with Crippen LogP contribution in [0.1, 0.15) is 71.3 Å². The van der Waals surface area contributed by atoms with Crippen molar-refractivity contribution < 1.29 is 4.74 Å². The molecule has 0 amide bonds. The molecule has 0 spiro atoms. The van der Waals surface area contributed by atoms with E-state index in [1.54, 1.807) is 10.7 Å². The van der Waals surface area contributed by atoms with Crippen LogP contribution < -0.4 is 3.58 Å². The number of rotatable bonds is 13. The van der Waals surface area contributed by atoms with E-state index in [1.807, 2.05) is 0 Å². The number of nitrogens with one attached hydrogen (secondary N) is 1. The molecule has 0 bridgehead atoms. The first-order chi connectivity index (χ1) is 12.1. The molecule has 0 atom stereocenters. The zero-order valence-corrected chi connectivity index (χ0v) is 19.8. The summed E-state index contributed by atoms with van der Waals surface area (Å²) in [6, 6.07) is 9.58. The quantitative estimate of drug-likeness (QED) is 0.213. The van der Waals surface area contributed by atoms with E-state index in [1.165, 1.54) is 57.4 Å². The first-order valence-electron chi connectivity index (χ1n) is 10.3. The Labute approximate surface area is 160 Å². The summed E-state index contributed by atoms with van der Waals surface area (Å²) in [5.41, 5.74) is 1.34. The van der Waals surface area contributed by atoms with Crippen LogP contribution in [0.15, 0.2) is 24.3 Å². The van der Waals surface area contributed by atoms with Gasteiger partial charge in [-0.15, -0.1) is 0 Å². The van der Waals surface area contributed by atoms with Gasteiger partial charge in [0.05, 0.1) is 0 Å². The van der Waals surface area contributed by atoms with Crippen LogP contribution in [0.25, 0.3) is 0 Å². The molecular weight excluding hydrogens is 413 g/mol. The zero-order chi connectivity index (χ0) is 18.5. The fourth-order valence-electron chi connectivity index (χ4n) is 3.74. The van der Waals surface area contributed by atoms with Crippen molar-refractivity contribution >= 4 is 27.9 Å².